The Balaban J connectivity index is 2.26. The molecule has 1 heteroatoms. The van der Waals surface area contributed by atoms with E-state index < -0.39 is 0 Å². The van der Waals surface area contributed by atoms with Gasteiger partial charge in [-0.15, -0.1) is 0 Å². The zero-order valence-corrected chi connectivity index (χ0v) is 7.34. The molecular weight excluding hydrogens is 136 g/mol. The van der Waals surface area contributed by atoms with Crippen LogP contribution in [0.4, 0.5) is 0 Å². The molecule has 0 amide bonds. The lowest BCUT2D eigenvalue weighted by molar-refractivity contribution is -0.116. The molecule has 2 atom stereocenters. The van der Waals surface area contributed by atoms with Gasteiger partial charge in [0.1, 0.15) is 0 Å². The van der Waals surface area contributed by atoms with Crippen LogP contribution in [-0.4, -0.2) is 5.78 Å². The second-order valence-electron chi connectivity index (χ2n) is 3.84. The number of carbonyl (C=O) groups is 1. The summed E-state index contributed by atoms with van der Waals surface area (Å²) in [5.41, 5.74) is 0. The van der Waals surface area contributed by atoms with Crippen molar-refractivity contribution in [2.24, 2.45) is 17.8 Å². The molecule has 0 aromatic heterocycles. The van der Waals surface area contributed by atoms with Gasteiger partial charge in [-0.1, -0.05) is 20.4 Å². The lowest BCUT2D eigenvalue weighted by atomic mass is 10.0. The molecule has 0 bridgehead atoms. The Kier molecular flexibility index (Phi) is 2.48. The average Bonchev–Trinajstić information content (AvgIpc) is 2.65. The first-order valence-corrected chi connectivity index (χ1v) is 4.31. The minimum Gasteiger partial charge on any atom is -0.295 e. The summed E-state index contributed by atoms with van der Waals surface area (Å²) in [6.07, 6.45) is 3.76. The van der Waals surface area contributed by atoms with Gasteiger partial charge in [-0.3, -0.25) is 4.79 Å². The molecule has 1 nitrogen and oxygen atoms in total. The highest BCUT2D eigenvalue weighted by molar-refractivity contribution is 5.93. The molecule has 1 saturated carbocycles. The van der Waals surface area contributed by atoms with Gasteiger partial charge in [-0.2, -0.15) is 0 Å². The third kappa shape index (κ3) is 2.18. The fourth-order valence-electron chi connectivity index (χ4n) is 1.61. The van der Waals surface area contributed by atoms with Gasteiger partial charge in [0, 0.05) is 5.92 Å². The van der Waals surface area contributed by atoms with Crippen LogP contribution in [0.5, 0.6) is 0 Å². The number of rotatable bonds is 4. The monoisotopic (exact) mass is 152 g/mol. The van der Waals surface area contributed by atoms with Crippen molar-refractivity contribution in [1.82, 2.24) is 0 Å². The number of hydrogen-bond donors (Lipinski definition) is 0. The second kappa shape index (κ2) is 3.21. The molecule has 0 radical (unpaired) electrons. The van der Waals surface area contributed by atoms with Crippen LogP contribution in [0.3, 0.4) is 0 Å². The maximum atomic E-state index is 11.0. The van der Waals surface area contributed by atoms with E-state index in [0.29, 0.717) is 11.8 Å². The molecule has 62 valence electrons. The highest BCUT2D eigenvalue weighted by Gasteiger charge is 2.41. The molecular formula is C10H16O. The average molecular weight is 152 g/mol. The molecule has 11 heavy (non-hydrogen) atoms. The van der Waals surface area contributed by atoms with E-state index in [1.54, 1.807) is 0 Å². The Morgan fingerprint density at radius 2 is 2.36 bits per heavy atom. The Bertz CT molecular complexity index is 170. The van der Waals surface area contributed by atoms with Gasteiger partial charge in [0.15, 0.2) is 5.78 Å². The summed E-state index contributed by atoms with van der Waals surface area (Å²) in [6, 6.07) is 0. The summed E-state index contributed by atoms with van der Waals surface area (Å²) in [5, 5.41) is 0. The molecule has 0 saturated heterocycles. The van der Waals surface area contributed by atoms with E-state index in [4.69, 9.17) is 0 Å². The van der Waals surface area contributed by atoms with Gasteiger partial charge in [-0.05, 0) is 30.8 Å². The maximum absolute atomic E-state index is 11.0. The van der Waals surface area contributed by atoms with Gasteiger partial charge in [-0.25, -0.2) is 0 Å². The summed E-state index contributed by atoms with van der Waals surface area (Å²) in [7, 11) is 0. The Morgan fingerprint density at radius 3 is 2.82 bits per heavy atom. The van der Waals surface area contributed by atoms with E-state index >= 15 is 0 Å². The van der Waals surface area contributed by atoms with Crippen LogP contribution in [0.25, 0.3) is 0 Å². The van der Waals surface area contributed by atoms with Crippen LogP contribution in [0.2, 0.25) is 0 Å². The molecule has 1 fully saturated rings. The van der Waals surface area contributed by atoms with Crippen molar-refractivity contribution in [3.63, 3.8) is 0 Å². The van der Waals surface area contributed by atoms with Crippen molar-refractivity contribution in [2.45, 2.75) is 26.7 Å². The minimum absolute atomic E-state index is 0.246. The molecule has 0 aromatic carbocycles. The third-order valence-electron chi connectivity index (χ3n) is 2.26. The lowest BCUT2D eigenvalue weighted by Gasteiger charge is -2.00. The smallest absolute Gasteiger partial charge is 0.158 e. The standard InChI is InChI=1S/C10H16O/c1-4-10(11)9-6-8(9)5-7(2)3/h4,7-9H,1,5-6H2,2-3H3. The van der Waals surface area contributed by atoms with Gasteiger partial charge >= 0.3 is 0 Å². The van der Waals surface area contributed by atoms with Crippen LogP contribution >= 0.6 is 0 Å². The predicted molar refractivity (Wildman–Crippen MR) is 46.3 cm³/mol. The van der Waals surface area contributed by atoms with Crippen molar-refractivity contribution < 1.29 is 4.79 Å². The SMILES string of the molecule is C=CC(=O)C1CC1CC(C)C. The predicted octanol–water partition coefficient (Wildman–Crippen LogP) is 2.42. The summed E-state index contributed by atoms with van der Waals surface area (Å²) >= 11 is 0. The summed E-state index contributed by atoms with van der Waals surface area (Å²) in [4.78, 5) is 11.0. The van der Waals surface area contributed by atoms with Crippen LogP contribution in [0.15, 0.2) is 12.7 Å². The number of ketones is 1. The van der Waals surface area contributed by atoms with Crippen molar-refractivity contribution in [1.29, 1.82) is 0 Å². The summed E-state index contributed by atoms with van der Waals surface area (Å²) < 4.78 is 0. The Morgan fingerprint density at radius 1 is 1.73 bits per heavy atom. The zero-order chi connectivity index (χ0) is 8.43. The molecule has 1 aliphatic carbocycles. The molecule has 0 heterocycles. The van der Waals surface area contributed by atoms with Crippen molar-refractivity contribution in [3.8, 4) is 0 Å². The zero-order valence-electron chi connectivity index (χ0n) is 7.34. The molecule has 0 aliphatic heterocycles. The van der Waals surface area contributed by atoms with E-state index in [2.05, 4.69) is 20.4 Å². The van der Waals surface area contributed by atoms with Crippen LogP contribution in [0.1, 0.15) is 26.7 Å². The minimum atomic E-state index is 0.246. The Hall–Kier alpha value is -0.590. The second-order valence-corrected chi connectivity index (χ2v) is 3.84. The topological polar surface area (TPSA) is 17.1 Å². The number of allylic oxidation sites excluding steroid dienone is 1. The summed E-state index contributed by atoms with van der Waals surface area (Å²) in [5.74, 6) is 1.97. The van der Waals surface area contributed by atoms with E-state index in [1.165, 1.54) is 12.5 Å². The maximum Gasteiger partial charge on any atom is 0.158 e. The van der Waals surface area contributed by atoms with Crippen molar-refractivity contribution >= 4 is 5.78 Å². The van der Waals surface area contributed by atoms with E-state index in [1.807, 2.05) is 0 Å². The van der Waals surface area contributed by atoms with Gasteiger partial charge in [0.25, 0.3) is 0 Å². The fraction of sp³-hybridized carbons (Fsp3) is 0.700. The van der Waals surface area contributed by atoms with Gasteiger partial charge in [0.2, 0.25) is 0 Å². The number of carbonyl (C=O) groups excluding carboxylic acids is 1. The fourth-order valence-corrected chi connectivity index (χ4v) is 1.61. The van der Waals surface area contributed by atoms with Crippen molar-refractivity contribution in [3.05, 3.63) is 12.7 Å². The molecule has 1 rings (SSSR count). The van der Waals surface area contributed by atoms with Crippen LogP contribution in [-0.2, 0) is 4.79 Å². The highest BCUT2D eigenvalue weighted by atomic mass is 16.1. The molecule has 0 spiro atoms. The normalized spacial score (nSPS) is 28.6. The lowest BCUT2D eigenvalue weighted by Crippen LogP contribution is -1.99. The van der Waals surface area contributed by atoms with Crippen LogP contribution < -0.4 is 0 Å². The largest absolute Gasteiger partial charge is 0.295 e. The van der Waals surface area contributed by atoms with E-state index in [-0.39, 0.29) is 5.78 Å². The van der Waals surface area contributed by atoms with E-state index in [0.717, 1.165) is 12.3 Å². The highest BCUT2D eigenvalue weighted by Crippen LogP contribution is 2.43. The third-order valence-corrected chi connectivity index (χ3v) is 2.26. The molecule has 1 aliphatic rings. The first kappa shape index (κ1) is 8.51. The molecule has 0 N–H and O–H groups in total. The Labute approximate surface area is 68.5 Å². The quantitative estimate of drug-likeness (QED) is 0.565. The first-order valence-electron chi connectivity index (χ1n) is 4.31. The van der Waals surface area contributed by atoms with Crippen molar-refractivity contribution in [2.75, 3.05) is 0 Å². The number of hydrogen-bond acceptors (Lipinski definition) is 1. The molecule has 2 unspecified atom stereocenters. The summed E-state index contributed by atoms with van der Waals surface area (Å²) in [6.45, 7) is 7.89. The molecule has 0 aromatic rings. The first-order chi connectivity index (χ1) is 5.15. The van der Waals surface area contributed by atoms with Gasteiger partial charge < -0.3 is 0 Å². The van der Waals surface area contributed by atoms with Crippen LogP contribution in [0, 0.1) is 17.8 Å². The van der Waals surface area contributed by atoms with Gasteiger partial charge in [0.05, 0.1) is 0 Å². The van der Waals surface area contributed by atoms with E-state index in [9.17, 15) is 4.79 Å².